The predicted octanol–water partition coefficient (Wildman–Crippen LogP) is 4.79. The van der Waals surface area contributed by atoms with Crippen molar-refractivity contribution in [2.24, 2.45) is 17.3 Å². The summed E-state index contributed by atoms with van der Waals surface area (Å²) in [6, 6.07) is 2.72. The number of nitrogens with zero attached hydrogens (tertiary/aromatic N) is 3. The van der Waals surface area contributed by atoms with Gasteiger partial charge in [0.25, 0.3) is 0 Å². The van der Waals surface area contributed by atoms with Crippen molar-refractivity contribution in [1.29, 1.82) is 5.26 Å². The maximum Gasteiger partial charge on any atom is 0.0738 e. The van der Waals surface area contributed by atoms with Gasteiger partial charge in [-0.25, -0.2) is 0 Å². The summed E-state index contributed by atoms with van der Waals surface area (Å²) in [5.74, 6) is 0.735. The van der Waals surface area contributed by atoms with Crippen molar-refractivity contribution in [1.82, 2.24) is 9.78 Å². The minimum absolute atomic E-state index is 0.0819. The van der Waals surface area contributed by atoms with Crippen molar-refractivity contribution in [2.75, 3.05) is 0 Å². The van der Waals surface area contributed by atoms with Crippen LogP contribution in [0.25, 0.3) is 0 Å². The van der Waals surface area contributed by atoms with E-state index < -0.39 is 0 Å². The number of rotatable bonds is 1. The molecule has 1 heterocycles. The van der Waals surface area contributed by atoms with Crippen LogP contribution in [0.1, 0.15) is 57.5 Å². The standard InChI is InChI=1S/C16H24BrN3/c1-10-15(17)11(2)20(19-10)14-8-13(16(3,4)5)7-6-12(14)9-18/h12-14H,6-8H2,1-5H3. The van der Waals surface area contributed by atoms with Crippen LogP contribution < -0.4 is 0 Å². The molecule has 1 aliphatic rings. The number of hydrogen-bond acceptors (Lipinski definition) is 2. The molecule has 4 heteroatoms. The van der Waals surface area contributed by atoms with E-state index in [0.29, 0.717) is 11.3 Å². The highest BCUT2D eigenvalue weighted by Gasteiger charge is 2.38. The highest BCUT2D eigenvalue weighted by atomic mass is 79.9. The Balaban J connectivity index is 2.35. The fourth-order valence-electron chi connectivity index (χ4n) is 3.32. The highest BCUT2D eigenvalue weighted by Crippen LogP contribution is 2.45. The molecule has 0 spiro atoms. The van der Waals surface area contributed by atoms with Crippen molar-refractivity contribution < 1.29 is 0 Å². The second-order valence-electron chi connectivity index (χ2n) is 7.11. The van der Waals surface area contributed by atoms with Crippen molar-refractivity contribution >= 4 is 15.9 Å². The molecule has 1 fully saturated rings. The summed E-state index contributed by atoms with van der Waals surface area (Å²) in [5.41, 5.74) is 2.45. The Bertz CT molecular complexity index is 533. The van der Waals surface area contributed by atoms with E-state index in [4.69, 9.17) is 0 Å². The lowest BCUT2D eigenvalue weighted by Gasteiger charge is -2.40. The van der Waals surface area contributed by atoms with Crippen LogP contribution in [0, 0.1) is 42.4 Å². The van der Waals surface area contributed by atoms with Crippen LogP contribution in [0.4, 0.5) is 0 Å². The van der Waals surface area contributed by atoms with Crippen LogP contribution in [-0.2, 0) is 0 Å². The Kier molecular flexibility index (Phi) is 4.30. The molecular formula is C16H24BrN3. The zero-order valence-corrected chi connectivity index (χ0v) is 14.7. The SMILES string of the molecule is Cc1nn(C2CC(C(C)(C)C)CCC2C#N)c(C)c1Br. The topological polar surface area (TPSA) is 41.6 Å². The number of nitriles is 1. The van der Waals surface area contributed by atoms with Crippen LogP contribution >= 0.6 is 15.9 Å². The van der Waals surface area contributed by atoms with Gasteiger partial charge in [0, 0.05) is 0 Å². The first-order chi connectivity index (χ1) is 9.25. The molecule has 1 saturated carbocycles. The molecule has 0 aliphatic heterocycles. The normalized spacial score (nSPS) is 27.4. The number of aromatic nitrogens is 2. The first-order valence-electron chi connectivity index (χ1n) is 7.36. The summed E-state index contributed by atoms with van der Waals surface area (Å²) in [4.78, 5) is 0. The van der Waals surface area contributed by atoms with Crippen LogP contribution in [0.3, 0.4) is 0 Å². The molecule has 1 aliphatic carbocycles. The summed E-state index contributed by atoms with van der Waals surface area (Å²) in [5, 5.41) is 14.1. The second kappa shape index (κ2) is 5.52. The first kappa shape index (κ1) is 15.6. The monoisotopic (exact) mass is 337 g/mol. The first-order valence-corrected chi connectivity index (χ1v) is 8.15. The maximum atomic E-state index is 9.48. The minimum Gasteiger partial charge on any atom is -0.264 e. The Morgan fingerprint density at radius 2 is 1.95 bits per heavy atom. The van der Waals surface area contributed by atoms with Crippen LogP contribution in [0.5, 0.6) is 0 Å². The average Bonchev–Trinajstić information content (AvgIpc) is 2.64. The fraction of sp³-hybridized carbons (Fsp3) is 0.750. The molecule has 110 valence electrons. The quantitative estimate of drug-likeness (QED) is 0.739. The van der Waals surface area contributed by atoms with Crippen molar-refractivity contribution in [3.05, 3.63) is 15.9 Å². The van der Waals surface area contributed by atoms with Gasteiger partial charge >= 0.3 is 0 Å². The number of hydrogen-bond donors (Lipinski definition) is 0. The molecule has 3 unspecified atom stereocenters. The van der Waals surface area contributed by atoms with Crippen LogP contribution in [0.15, 0.2) is 4.47 Å². The van der Waals surface area contributed by atoms with E-state index in [1.807, 2.05) is 6.92 Å². The highest BCUT2D eigenvalue weighted by molar-refractivity contribution is 9.10. The summed E-state index contributed by atoms with van der Waals surface area (Å²) < 4.78 is 3.16. The summed E-state index contributed by atoms with van der Waals surface area (Å²) in [6.45, 7) is 11.0. The zero-order valence-electron chi connectivity index (χ0n) is 13.1. The van der Waals surface area contributed by atoms with E-state index in [-0.39, 0.29) is 12.0 Å². The Morgan fingerprint density at radius 1 is 1.30 bits per heavy atom. The van der Waals surface area contributed by atoms with E-state index in [1.54, 1.807) is 0 Å². The molecule has 1 aromatic rings. The third-order valence-corrected chi connectivity index (χ3v) is 5.91. The second-order valence-corrected chi connectivity index (χ2v) is 7.90. The van der Waals surface area contributed by atoms with Gasteiger partial charge in [-0.05, 0) is 60.4 Å². The largest absolute Gasteiger partial charge is 0.264 e. The molecule has 1 aromatic heterocycles. The van der Waals surface area contributed by atoms with Crippen LogP contribution in [-0.4, -0.2) is 9.78 Å². The van der Waals surface area contributed by atoms with Gasteiger partial charge in [0.1, 0.15) is 0 Å². The Morgan fingerprint density at radius 3 is 2.40 bits per heavy atom. The molecule has 0 bridgehead atoms. The minimum atomic E-state index is 0.0819. The Labute approximate surface area is 130 Å². The van der Waals surface area contributed by atoms with E-state index in [1.165, 1.54) is 0 Å². The number of aryl methyl sites for hydroxylation is 1. The van der Waals surface area contributed by atoms with E-state index in [9.17, 15) is 5.26 Å². The third-order valence-electron chi connectivity index (χ3n) is 4.76. The maximum absolute atomic E-state index is 9.48. The average molecular weight is 338 g/mol. The zero-order chi connectivity index (χ0) is 15.1. The van der Waals surface area contributed by atoms with E-state index in [2.05, 4.69) is 59.5 Å². The fourth-order valence-corrected chi connectivity index (χ4v) is 3.58. The van der Waals surface area contributed by atoms with Gasteiger partial charge in [0.2, 0.25) is 0 Å². The smallest absolute Gasteiger partial charge is 0.0738 e. The Hall–Kier alpha value is -0.820. The van der Waals surface area contributed by atoms with Crippen molar-refractivity contribution in [3.63, 3.8) is 0 Å². The molecule has 0 aromatic carbocycles. The molecule has 0 amide bonds. The van der Waals surface area contributed by atoms with E-state index >= 15 is 0 Å². The van der Waals surface area contributed by atoms with E-state index in [0.717, 1.165) is 35.1 Å². The van der Waals surface area contributed by atoms with Gasteiger partial charge < -0.3 is 0 Å². The predicted molar refractivity (Wildman–Crippen MR) is 84.3 cm³/mol. The number of halogens is 1. The molecule has 3 nitrogen and oxygen atoms in total. The molecule has 2 rings (SSSR count). The molecule has 20 heavy (non-hydrogen) atoms. The summed E-state index contributed by atoms with van der Waals surface area (Å²) in [6.07, 6.45) is 3.19. The summed E-state index contributed by atoms with van der Waals surface area (Å²) in [7, 11) is 0. The third kappa shape index (κ3) is 2.79. The lowest BCUT2D eigenvalue weighted by Crippen LogP contribution is -2.33. The molecule has 0 saturated heterocycles. The lowest BCUT2D eigenvalue weighted by atomic mass is 9.68. The van der Waals surface area contributed by atoms with Crippen molar-refractivity contribution in [3.8, 4) is 6.07 Å². The lowest BCUT2D eigenvalue weighted by molar-refractivity contribution is 0.115. The van der Waals surface area contributed by atoms with Gasteiger partial charge in [0.15, 0.2) is 0 Å². The molecule has 0 N–H and O–H groups in total. The van der Waals surface area contributed by atoms with Gasteiger partial charge in [-0.1, -0.05) is 20.8 Å². The van der Waals surface area contributed by atoms with Crippen LogP contribution in [0.2, 0.25) is 0 Å². The van der Waals surface area contributed by atoms with Crippen molar-refractivity contribution in [2.45, 2.75) is 59.9 Å². The van der Waals surface area contributed by atoms with Gasteiger partial charge in [-0.15, -0.1) is 0 Å². The molecule has 3 atom stereocenters. The molecular weight excluding hydrogens is 314 g/mol. The van der Waals surface area contributed by atoms with Gasteiger partial charge in [-0.3, -0.25) is 4.68 Å². The summed E-state index contributed by atoms with van der Waals surface area (Å²) >= 11 is 3.60. The van der Waals surface area contributed by atoms with Gasteiger partial charge in [-0.2, -0.15) is 10.4 Å². The molecule has 0 radical (unpaired) electrons. The van der Waals surface area contributed by atoms with Gasteiger partial charge in [0.05, 0.1) is 33.9 Å².